The molecule has 0 bridgehead atoms. The molecule has 5 nitrogen and oxygen atoms in total. The molecule has 0 spiro atoms. The lowest BCUT2D eigenvalue weighted by Gasteiger charge is -2.30. The van der Waals surface area contributed by atoms with Crippen LogP contribution in [0.15, 0.2) is 259 Å². The molecule has 0 saturated carbocycles. The van der Waals surface area contributed by atoms with Crippen LogP contribution in [0.25, 0.3) is 87.5 Å². The topological polar surface area (TPSA) is 29.5 Å². The molecule has 0 atom stereocenters. The zero-order valence-electron chi connectivity index (χ0n) is 37.4. The van der Waals surface area contributed by atoms with E-state index in [2.05, 4.69) is 268 Å². The second-order valence-corrected chi connectivity index (χ2v) is 17.7. The molecule has 0 fully saturated rings. The summed E-state index contributed by atoms with van der Waals surface area (Å²) >= 11 is 0. The maximum atomic E-state index is 6.76. The number of furan rings is 1. The molecule has 324 valence electrons. The molecule has 0 saturated heterocycles. The van der Waals surface area contributed by atoms with Crippen molar-refractivity contribution in [2.45, 2.75) is 0 Å². The minimum atomic E-state index is 0.791. The highest BCUT2D eigenvalue weighted by molar-refractivity contribution is 6.15. The Morgan fingerprint density at radius 2 is 0.681 bits per heavy atom. The van der Waals surface area contributed by atoms with Crippen LogP contribution in [0.2, 0.25) is 0 Å². The number of benzene rings is 11. The van der Waals surface area contributed by atoms with Gasteiger partial charge in [-0.15, -0.1) is 0 Å². The zero-order chi connectivity index (χ0) is 45.4. The Morgan fingerprint density at radius 3 is 1.22 bits per heavy atom. The van der Waals surface area contributed by atoms with E-state index < -0.39 is 0 Å². The van der Waals surface area contributed by atoms with E-state index in [0.717, 1.165) is 78.3 Å². The quantitative estimate of drug-likeness (QED) is 0.152. The molecular formula is C64H42N4O. The Kier molecular flexibility index (Phi) is 8.83. The van der Waals surface area contributed by atoms with E-state index in [1.165, 1.54) is 43.4 Å². The summed E-state index contributed by atoms with van der Waals surface area (Å²) in [5, 5.41) is 10.4. The number of para-hydroxylation sites is 4. The normalized spacial score (nSPS) is 11.8. The van der Waals surface area contributed by atoms with E-state index in [1.54, 1.807) is 0 Å². The molecule has 0 aliphatic heterocycles. The van der Waals surface area contributed by atoms with Crippen LogP contribution in [0.1, 0.15) is 0 Å². The van der Waals surface area contributed by atoms with Crippen LogP contribution in [0.3, 0.4) is 0 Å². The van der Waals surface area contributed by atoms with Gasteiger partial charge in [0.1, 0.15) is 0 Å². The summed E-state index contributed by atoms with van der Waals surface area (Å²) in [5.41, 5.74) is 13.9. The van der Waals surface area contributed by atoms with Gasteiger partial charge in [0.15, 0.2) is 5.58 Å². The van der Waals surface area contributed by atoms with Gasteiger partial charge >= 0.3 is 0 Å². The maximum Gasteiger partial charge on any atom is 0.159 e. The van der Waals surface area contributed by atoms with Gasteiger partial charge in [-0.25, -0.2) is 0 Å². The van der Waals surface area contributed by atoms with E-state index >= 15 is 0 Å². The number of anilines is 6. The molecule has 14 aromatic rings. The Bertz CT molecular complexity index is 3990. The predicted molar refractivity (Wildman–Crippen MR) is 289 cm³/mol. The number of nitrogens with zero attached hydrogens (tertiary/aromatic N) is 4. The Hall–Kier alpha value is -9.32. The van der Waals surface area contributed by atoms with Crippen LogP contribution < -0.4 is 9.80 Å². The van der Waals surface area contributed by atoms with Crippen LogP contribution in [0, 0.1) is 0 Å². The van der Waals surface area contributed by atoms with Gasteiger partial charge in [-0.2, -0.15) is 0 Å². The Labute approximate surface area is 398 Å². The molecule has 0 N–H and O–H groups in total. The van der Waals surface area contributed by atoms with Crippen LogP contribution >= 0.6 is 0 Å². The summed E-state index contributed by atoms with van der Waals surface area (Å²) in [5.74, 6) is 0. The highest BCUT2D eigenvalue weighted by atomic mass is 16.3. The summed E-state index contributed by atoms with van der Waals surface area (Å²) in [7, 11) is 0. The van der Waals surface area contributed by atoms with E-state index in [9.17, 15) is 0 Å². The highest BCUT2D eigenvalue weighted by Gasteiger charge is 2.26. The SMILES string of the molecule is c1ccc(-n2c3ccccc3c3cc(N(c4cccc5ccccc45)c4ccc(N(c5ccc6c(c5)c5ccccc5n6-c5ccccc5)c5cccc6ccccc56)c5occc45)ccc32)cc1. The molecular weight excluding hydrogens is 841 g/mol. The number of hydrogen-bond donors (Lipinski definition) is 0. The lowest BCUT2D eigenvalue weighted by molar-refractivity contribution is 0.616. The second-order valence-electron chi connectivity index (χ2n) is 17.7. The average molecular weight is 883 g/mol. The predicted octanol–water partition coefficient (Wildman–Crippen LogP) is 17.9. The van der Waals surface area contributed by atoms with Gasteiger partial charge in [0.25, 0.3) is 0 Å². The monoisotopic (exact) mass is 882 g/mol. The van der Waals surface area contributed by atoms with E-state index in [-0.39, 0.29) is 0 Å². The van der Waals surface area contributed by atoms with Crippen LogP contribution in [0.5, 0.6) is 0 Å². The smallest absolute Gasteiger partial charge is 0.159 e. The van der Waals surface area contributed by atoms with Crippen molar-refractivity contribution in [2.75, 3.05) is 9.80 Å². The lowest BCUT2D eigenvalue weighted by atomic mass is 10.0. The van der Waals surface area contributed by atoms with Gasteiger partial charge in [-0.3, -0.25) is 0 Å². The standard InChI is InChI=1S/C64H42N4O/c1-3-21-45(22-4-1)65-58-29-13-11-27-51(58)54-41-47(33-35-61(54)65)67(56-31-15-19-43-17-7-9-25-49(43)56)60-37-38-63(64-53(60)39-40-69-64)68(57-32-16-20-44-18-8-10-26-50(44)57)48-34-36-62-55(42-48)52-28-12-14-30-59(52)66(62)46-23-5-2-6-24-46/h1-42H. The van der Waals surface area contributed by atoms with E-state index in [0.29, 0.717) is 0 Å². The molecule has 0 radical (unpaired) electrons. The maximum absolute atomic E-state index is 6.76. The van der Waals surface area contributed by atoms with Gasteiger partial charge in [0, 0.05) is 60.5 Å². The van der Waals surface area contributed by atoms with Gasteiger partial charge in [0.2, 0.25) is 0 Å². The average Bonchev–Trinajstić information content (AvgIpc) is 4.13. The highest BCUT2D eigenvalue weighted by Crippen LogP contribution is 2.49. The Balaban J connectivity index is 1.01. The molecule has 0 amide bonds. The second kappa shape index (κ2) is 15.7. The number of fused-ring (bicyclic) bond motifs is 9. The van der Waals surface area contributed by atoms with Crippen molar-refractivity contribution >= 4 is 110 Å². The van der Waals surface area contributed by atoms with Crippen molar-refractivity contribution in [3.8, 4) is 11.4 Å². The molecule has 3 aromatic heterocycles. The van der Waals surface area contributed by atoms with Crippen LogP contribution in [0.4, 0.5) is 34.1 Å². The minimum Gasteiger partial charge on any atom is -0.462 e. The molecule has 3 heterocycles. The molecule has 0 aliphatic carbocycles. The van der Waals surface area contributed by atoms with Crippen molar-refractivity contribution in [1.82, 2.24) is 9.13 Å². The first kappa shape index (κ1) is 38.9. The molecule has 0 aliphatic rings. The first-order valence-corrected chi connectivity index (χ1v) is 23.5. The number of rotatable bonds is 8. The summed E-state index contributed by atoms with van der Waals surface area (Å²) < 4.78 is 11.5. The third kappa shape index (κ3) is 6.11. The largest absolute Gasteiger partial charge is 0.462 e. The molecule has 69 heavy (non-hydrogen) atoms. The van der Waals surface area contributed by atoms with E-state index in [1.807, 2.05) is 6.26 Å². The molecule has 14 rings (SSSR count). The van der Waals surface area contributed by atoms with Gasteiger partial charge in [-0.1, -0.05) is 146 Å². The van der Waals surface area contributed by atoms with Gasteiger partial charge in [0.05, 0.1) is 51.1 Å². The third-order valence-corrected chi connectivity index (χ3v) is 13.9. The first-order chi connectivity index (χ1) is 34.3. The van der Waals surface area contributed by atoms with Crippen molar-refractivity contribution in [3.63, 3.8) is 0 Å². The van der Waals surface area contributed by atoms with Crippen molar-refractivity contribution in [3.05, 3.63) is 255 Å². The van der Waals surface area contributed by atoms with Crippen molar-refractivity contribution in [2.24, 2.45) is 0 Å². The fraction of sp³-hybridized carbons (Fsp3) is 0. The molecule has 11 aromatic carbocycles. The van der Waals surface area contributed by atoms with Crippen LogP contribution in [-0.2, 0) is 0 Å². The Morgan fingerprint density at radius 1 is 0.275 bits per heavy atom. The summed E-state index contributed by atoms with van der Waals surface area (Å²) in [6.07, 6.45) is 1.84. The summed E-state index contributed by atoms with van der Waals surface area (Å²) in [6, 6.07) is 89.7. The fourth-order valence-electron chi connectivity index (χ4n) is 10.9. The van der Waals surface area contributed by atoms with Crippen LogP contribution in [-0.4, -0.2) is 9.13 Å². The summed E-state index contributed by atoms with van der Waals surface area (Å²) in [6.45, 7) is 0. The zero-order valence-corrected chi connectivity index (χ0v) is 37.4. The fourth-order valence-corrected chi connectivity index (χ4v) is 10.9. The van der Waals surface area contributed by atoms with Gasteiger partial charge < -0.3 is 23.4 Å². The van der Waals surface area contributed by atoms with Crippen molar-refractivity contribution in [1.29, 1.82) is 0 Å². The first-order valence-electron chi connectivity index (χ1n) is 23.5. The number of hydrogen-bond acceptors (Lipinski definition) is 3. The molecule has 5 heteroatoms. The lowest BCUT2D eigenvalue weighted by Crippen LogP contribution is -2.13. The molecule has 0 unspecified atom stereocenters. The third-order valence-electron chi connectivity index (χ3n) is 13.9. The van der Waals surface area contributed by atoms with Gasteiger partial charge in [-0.05, 0) is 114 Å². The van der Waals surface area contributed by atoms with E-state index in [4.69, 9.17) is 4.42 Å². The minimum absolute atomic E-state index is 0.791. The summed E-state index contributed by atoms with van der Waals surface area (Å²) in [4.78, 5) is 4.81. The number of aromatic nitrogens is 2. The van der Waals surface area contributed by atoms with Crippen molar-refractivity contribution < 1.29 is 4.42 Å².